The van der Waals surface area contributed by atoms with Gasteiger partial charge in [-0.2, -0.15) is 0 Å². The SMILES string of the molecule is C[C@@H]1CC2=C(Cc3ccc(F)cc32)[C@@H](c2c(F)ccc(Br)c2F)N1CC(F)(F)CO[Si](c1ccccc1)(c1ccccc1)C(C)(C)C. The Morgan fingerprint density at radius 2 is 1.49 bits per heavy atom. The maximum Gasteiger partial charge on any atom is 0.282 e. The third-order valence-corrected chi connectivity index (χ3v) is 15.2. The van der Waals surface area contributed by atoms with Crippen molar-refractivity contribution < 1.29 is 26.4 Å². The Hall–Kier alpha value is -3.11. The molecule has 0 radical (unpaired) electrons. The zero-order valence-corrected chi connectivity index (χ0v) is 29.4. The van der Waals surface area contributed by atoms with Crippen molar-refractivity contribution in [3.8, 4) is 0 Å². The molecule has 9 heteroatoms. The van der Waals surface area contributed by atoms with Crippen LogP contribution in [0, 0.1) is 17.5 Å². The molecule has 2 nitrogen and oxygen atoms in total. The highest BCUT2D eigenvalue weighted by atomic mass is 79.9. The molecular formula is C38H37BrF5NOSi. The minimum atomic E-state index is -3.39. The van der Waals surface area contributed by atoms with Gasteiger partial charge in [0.25, 0.3) is 14.2 Å². The second-order valence-corrected chi connectivity index (χ2v) is 18.8. The minimum Gasteiger partial charge on any atom is -0.401 e. The van der Waals surface area contributed by atoms with Crippen molar-refractivity contribution in [1.29, 1.82) is 0 Å². The standard InChI is InChI=1S/C38H37BrF5NOSi/c1-24-19-30-29-21-26(40)16-15-25(29)20-31(30)36(34-33(41)18-17-32(39)35(34)42)45(24)22-38(43,44)23-46-47(37(2,3)4,27-11-7-5-8-12-27)28-13-9-6-10-14-28/h5-18,21,24,36H,19-20,22-23H2,1-4H3/t24-,36+/m1/s1. The van der Waals surface area contributed by atoms with Crippen molar-refractivity contribution >= 4 is 40.2 Å². The average molecular weight is 727 g/mol. The molecule has 246 valence electrons. The van der Waals surface area contributed by atoms with Crippen LogP contribution in [0.5, 0.6) is 0 Å². The van der Waals surface area contributed by atoms with Crippen LogP contribution in [0.25, 0.3) is 5.57 Å². The molecule has 2 aliphatic rings. The van der Waals surface area contributed by atoms with Crippen LogP contribution in [-0.4, -0.2) is 38.3 Å². The van der Waals surface area contributed by atoms with E-state index in [4.69, 9.17) is 4.43 Å². The Kier molecular flexibility index (Phi) is 9.15. The van der Waals surface area contributed by atoms with E-state index in [1.165, 1.54) is 23.1 Å². The fourth-order valence-corrected chi connectivity index (χ4v) is 12.4. The lowest BCUT2D eigenvalue weighted by atomic mass is 9.84. The molecule has 0 unspecified atom stereocenters. The number of halogens is 6. The molecule has 0 spiro atoms. The van der Waals surface area contributed by atoms with Crippen molar-refractivity contribution in [2.45, 2.75) is 63.6 Å². The van der Waals surface area contributed by atoms with Crippen LogP contribution in [0.2, 0.25) is 5.04 Å². The Bertz CT molecular complexity index is 1770. The number of benzene rings is 4. The Morgan fingerprint density at radius 1 is 0.872 bits per heavy atom. The van der Waals surface area contributed by atoms with Crippen molar-refractivity contribution in [1.82, 2.24) is 4.90 Å². The van der Waals surface area contributed by atoms with Gasteiger partial charge in [-0.1, -0.05) is 87.5 Å². The first-order valence-electron chi connectivity index (χ1n) is 15.8. The molecule has 47 heavy (non-hydrogen) atoms. The second kappa shape index (κ2) is 12.7. The molecule has 1 aliphatic heterocycles. The summed E-state index contributed by atoms with van der Waals surface area (Å²) in [6.45, 7) is 6.18. The fraction of sp³-hybridized carbons (Fsp3) is 0.316. The zero-order chi connectivity index (χ0) is 33.7. The van der Waals surface area contributed by atoms with Gasteiger partial charge in [0.05, 0.1) is 23.7 Å². The van der Waals surface area contributed by atoms with E-state index in [-0.39, 0.29) is 16.5 Å². The van der Waals surface area contributed by atoms with E-state index in [0.29, 0.717) is 17.6 Å². The minimum absolute atomic E-state index is 0.0394. The number of hydrogen-bond acceptors (Lipinski definition) is 2. The smallest absolute Gasteiger partial charge is 0.282 e. The normalized spacial score (nSPS) is 18.8. The molecule has 4 aromatic rings. The van der Waals surface area contributed by atoms with Gasteiger partial charge >= 0.3 is 0 Å². The van der Waals surface area contributed by atoms with Crippen LogP contribution >= 0.6 is 15.9 Å². The highest BCUT2D eigenvalue weighted by Crippen LogP contribution is 2.51. The third-order valence-electron chi connectivity index (χ3n) is 9.58. The summed E-state index contributed by atoms with van der Waals surface area (Å²) in [6.07, 6.45) is 0.625. The van der Waals surface area contributed by atoms with Crippen molar-refractivity contribution in [2.75, 3.05) is 13.2 Å². The molecule has 4 aromatic carbocycles. The molecule has 0 fully saturated rings. The lowest BCUT2D eigenvalue weighted by molar-refractivity contribution is -0.0818. The van der Waals surface area contributed by atoms with E-state index < -0.39 is 62.0 Å². The summed E-state index contributed by atoms with van der Waals surface area (Å²) in [5.74, 6) is -5.48. The summed E-state index contributed by atoms with van der Waals surface area (Å²) in [6, 6.07) is 24.3. The lowest BCUT2D eigenvalue weighted by Crippen LogP contribution is -2.67. The van der Waals surface area contributed by atoms with E-state index in [2.05, 4.69) is 15.9 Å². The van der Waals surface area contributed by atoms with Crippen LogP contribution in [0.15, 0.2) is 101 Å². The molecule has 0 saturated carbocycles. The number of alkyl halides is 2. The summed E-state index contributed by atoms with van der Waals surface area (Å²) in [4.78, 5) is 1.50. The summed E-state index contributed by atoms with van der Waals surface area (Å²) in [5, 5.41) is 1.24. The average Bonchev–Trinajstić information content (AvgIpc) is 3.38. The molecule has 6 rings (SSSR count). The van der Waals surface area contributed by atoms with Crippen LogP contribution in [-0.2, 0) is 10.8 Å². The van der Waals surface area contributed by atoms with E-state index in [1.54, 1.807) is 13.0 Å². The van der Waals surface area contributed by atoms with Gasteiger partial charge in [0.1, 0.15) is 17.5 Å². The van der Waals surface area contributed by atoms with E-state index >= 15 is 17.6 Å². The molecule has 0 amide bonds. The van der Waals surface area contributed by atoms with Gasteiger partial charge in [0.2, 0.25) is 0 Å². The Morgan fingerprint density at radius 3 is 2.09 bits per heavy atom. The lowest BCUT2D eigenvalue weighted by Gasteiger charge is -2.46. The maximum atomic E-state index is 16.6. The molecule has 0 bridgehead atoms. The van der Waals surface area contributed by atoms with Crippen LogP contribution in [0.3, 0.4) is 0 Å². The number of rotatable bonds is 8. The topological polar surface area (TPSA) is 12.5 Å². The molecule has 0 saturated heterocycles. The van der Waals surface area contributed by atoms with Gasteiger partial charge < -0.3 is 4.43 Å². The monoisotopic (exact) mass is 725 g/mol. The zero-order valence-electron chi connectivity index (χ0n) is 26.8. The van der Waals surface area contributed by atoms with Crippen LogP contribution in [0.1, 0.15) is 56.8 Å². The van der Waals surface area contributed by atoms with Gasteiger partial charge in [-0.05, 0) is 97.6 Å². The van der Waals surface area contributed by atoms with Gasteiger partial charge in [0, 0.05) is 11.6 Å². The largest absolute Gasteiger partial charge is 0.401 e. The summed E-state index contributed by atoms with van der Waals surface area (Å²) in [5.41, 5.74) is 2.57. The van der Waals surface area contributed by atoms with E-state index in [0.717, 1.165) is 27.6 Å². The molecule has 1 heterocycles. The Balaban J connectivity index is 1.40. The summed E-state index contributed by atoms with van der Waals surface area (Å²) < 4.78 is 85.6. The highest BCUT2D eigenvalue weighted by molar-refractivity contribution is 9.10. The first-order chi connectivity index (χ1) is 22.2. The Labute approximate surface area is 282 Å². The van der Waals surface area contributed by atoms with Gasteiger partial charge in [0.15, 0.2) is 0 Å². The first kappa shape index (κ1) is 33.8. The van der Waals surface area contributed by atoms with Crippen molar-refractivity contribution in [2.24, 2.45) is 0 Å². The predicted molar refractivity (Wildman–Crippen MR) is 183 cm³/mol. The quantitative estimate of drug-likeness (QED) is 0.102. The molecule has 1 aliphatic carbocycles. The van der Waals surface area contributed by atoms with E-state index in [9.17, 15) is 4.39 Å². The van der Waals surface area contributed by atoms with Gasteiger partial charge in [-0.25, -0.2) is 22.0 Å². The third kappa shape index (κ3) is 6.16. The second-order valence-electron chi connectivity index (χ2n) is 13.7. The predicted octanol–water partition coefficient (Wildman–Crippen LogP) is 9.22. The fourth-order valence-electron chi connectivity index (χ4n) is 7.51. The highest BCUT2D eigenvalue weighted by Gasteiger charge is 2.53. The van der Waals surface area contributed by atoms with Crippen molar-refractivity contribution in [3.05, 3.63) is 135 Å². The number of nitrogens with zero attached hydrogens (tertiary/aromatic N) is 1. The molecule has 0 aromatic heterocycles. The first-order valence-corrected chi connectivity index (χ1v) is 18.5. The van der Waals surface area contributed by atoms with Crippen LogP contribution in [0.4, 0.5) is 22.0 Å². The summed E-state index contributed by atoms with van der Waals surface area (Å²) >= 11 is 3.17. The maximum absolute atomic E-state index is 16.6. The summed E-state index contributed by atoms with van der Waals surface area (Å²) in [7, 11) is -3.29. The molecular weight excluding hydrogens is 689 g/mol. The number of fused-ring (bicyclic) bond motifs is 2. The van der Waals surface area contributed by atoms with Crippen molar-refractivity contribution in [3.63, 3.8) is 0 Å². The molecule has 0 N–H and O–H groups in total. The van der Waals surface area contributed by atoms with Gasteiger partial charge in [-0.15, -0.1) is 0 Å². The van der Waals surface area contributed by atoms with Gasteiger partial charge in [-0.3, -0.25) is 4.90 Å². The molecule has 2 atom stereocenters. The number of hydrogen-bond donors (Lipinski definition) is 0. The van der Waals surface area contributed by atoms with E-state index in [1.807, 2.05) is 81.4 Å². The van der Waals surface area contributed by atoms with Crippen LogP contribution < -0.4 is 10.4 Å².